The third kappa shape index (κ3) is 5.23. The van der Waals surface area contributed by atoms with Crippen LogP contribution >= 0.6 is 0 Å². The zero-order chi connectivity index (χ0) is 24.1. The van der Waals surface area contributed by atoms with Gasteiger partial charge in [0.15, 0.2) is 6.79 Å². The SMILES string of the molecule is COCCOCOc1c(C/C=C(\C)C(O)C(C)(C)C(=O)O)c(OC)c(C)c2c1C(=O)OC2. The van der Waals surface area contributed by atoms with E-state index < -0.39 is 23.5 Å². The van der Waals surface area contributed by atoms with E-state index in [2.05, 4.69) is 0 Å². The van der Waals surface area contributed by atoms with E-state index in [-0.39, 0.29) is 19.8 Å². The Kier molecular flexibility index (Phi) is 8.65. The highest BCUT2D eigenvalue weighted by atomic mass is 16.7. The van der Waals surface area contributed by atoms with E-state index in [1.807, 2.05) is 6.92 Å². The first-order chi connectivity index (χ1) is 15.1. The molecule has 0 aromatic heterocycles. The summed E-state index contributed by atoms with van der Waals surface area (Å²) in [7, 11) is 3.08. The number of rotatable bonds is 12. The lowest BCUT2D eigenvalue weighted by molar-refractivity contribution is -0.151. The topological polar surface area (TPSA) is 121 Å². The fourth-order valence-electron chi connectivity index (χ4n) is 3.53. The zero-order valence-corrected chi connectivity index (χ0v) is 19.4. The monoisotopic (exact) mass is 452 g/mol. The smallest absolute Gasteiger partial charge is 0.342 e. The maximum absolute atomic E-state index is 12.5. The van der Waals surface area contributed by atoms with Crippen LogP contribution in [0.5, 0.6) is 11.5 Å². The van der Waals surface area contributed by atoms with Crippen molar-refractivity contribution in [1.82, 2.24) is 0 Å². The lowest BCUT2D eigenvalue weighted by Gasteiger charge is -2.27. The molecular weight excluding hydrogens is 420 g/mol. The second-order valence-electron chi connectivity index (χ2n) is 8.14. The highest BCUT2D eigenvalue weighted by Crippen LogP contribution is 2.43. The van der Waals surface area contributed by atoms with E-state index in [9.17, 15) is 19.8 Å². The van der Waals surface area contributed by atoms with Gasteiger partial charge < -0.3 is 33.9 Å². The summed E-state index contributed by atoms with van der Waals surface area (Å²) < 4.78 is 27.0. The van der Waals surface area contributed by atoms with Crippen molar-refractivity contribution >= 4 is 11.9 Å². The number of carboxylic acids is 1. The van der Waals surface area contributed by atoms with E-state index >= 15 is 0 Å². The Balaban J connectivity index is 2.45. The minimum absolute atomic E-state index is 0.111. The van der Waals surface area contributed by atoms with Gasteiger partial charge in [-0.05, 0) is 45.3 Å². The molecule has 0 fully saturated rings. The molecule has 0 saturated heterocycles. The van der Waals surface area contributed by atoms with E-state index in [4.69, 9.17) is 23.7 Å². The van der Waals surface area contributed by atoms with Crippen molar-refractivity contribution in [2.75, 3.05) is 34.2 Å². The van der Waals surface area contributed by atoms with Gasteiger partial charge in [0.25, 0.3) is 0 Å². The molecule has 32 heavy (non-hydrogen) atoms. The number of carbonyl (C=O) groups is 2. The molecule has 0 amide bonds. The fraction of sp³-hybridized carbons (Fsp3) is 0.565. The van der Waals surface area contributed by atoms with Crippen LogP contribution in [0.15, 0.2) is 11.6 Å². The number of fused-ring (bicyclic) bond motifs is 1. The number of aliphatic hydroxyl groups excluding tert-OH is 1. The molecule has 0 bridgehead atoms. The van der Waals surface area contributed by atoms with Gasteiger partial charge in [-0.25, -0.2) is 4.79 Å². The number of methoxy groups -OCH3 is 2. The van der Waals surface area contributed by atoms with Crippen molar-refractivity contribution in [3.05, 3.63) is 33.9 Å². The predicted octanol–water partition coefficient (Wildman–Crippen LogP) is 2.63. The van der Waals surface area contributed by atoms with Gasteiger partial charge in [0.05, 0.1) is 31.8 Å². The maximum Gasteiger partial charge on any atom is 0.342 e. The van der Waals surface area contributed by atoms with Gasteiger partial charge in [-0.3, -0.25) is 4.79 Å². The summed E-state index contributed by atoms with van der Waals surface area (Å²) in [6, 6.07) is 0. The number of ether oxygens (including phenoxy) is 5. The van der Waals surface area contributed by atoms with Crippen LogP contribution in [-0.2, 0) is 32.0 Å². The van der Waals surface area contributed by atoms with Crippen LogP contribution in [0, 0.1) is 12.3 Å². The molecular formula is C23H32O9. The Labute approximate surface area is 187 Å². The molecule has 1 aliphatic rings. The summed E-state index contributed by atoms with van der Waals surface area (Å²) in [4.78, 5) is 24.0. The van der Waals surface area contributed by atoms with Gasteiger partial charge in [-0.15, -0.1) is 0 Å². The molecule has 0 spiro atoms. The number of benzene rings is 1. The van der Waals surface area contributed by atoms with Gasteiger partial charge in [0, 0.05) is 18.2 Å². The molecule has 1 heterocycles. The number of cyclic esters (lactones) is 1. The highest BCUT2D eigenvalue weighted by molar-refractivity contribution is 5.98. The summed E-state index contributed by atoms with van der Waals surface area (Å²) in [6.07, 6.45) is 0.738. The van der Waals surface area contributed by atoms with E-state index in [0.29, 0.717) is 47.0 Å². The van der Waals surface area contributed by atoms with Crippen LogP contribution < -0.4 is 9.47 Å². The Morgan fingerprint density at radius 1 is 1.25 bits per heavy atom. The fourth-order valence-corrected chi connectivity index (χ4v) is 3.53. The van der Waals surface area contributed by atoms with Crippen LogP contribution in [0.3, 0.4) is 0 Å². The van der Waals surface area contributed by atoms with E-state index in [1.54, 1.807) is 20.1 Å². The Bertz CT molecular complexity index is 886. The van der Waals surface area contributed by atoms with E-state index in [1.165, 1.54) is 21.0 Å². The average molecular weight is 453 g/mol. The molecule has 0 radical (unpaired) electrons. The van der Waals surface area contributed by atoms with Gasteiger partial charge in [-0.2, -0.15) is 0 Å². The number of carbonyl (C=O) groups excluding carboxylic acids is 1. The van der Waals surface area contributed by atoms with Crippen molar-refractivity contribution in [3.63, 3.8) is 0 Å². The van der Waals surface area contributed by atoms with Crippen LogP contribution in [0.4, 0.5) is 0 Å². The van der Waals surface area contributed by atoms with Gasteiger partial charge in [0.2, 0.25) is 0 Å². The molecule has 1 aromatic carbocycles. The highest BCUT2D eigenvalue weighted by Gasteiger charge is 2.37. The molecule has 9 heteroatoms. The van der Waals surface area contributed by atoms with Crippen LogP contribution in [0.25, 0.3) is 0 Å². The van der Waals surface area contributed by atoms with Crippen molar-refractivity contribution in [2.45, 2.75) is 46.8 Å². The number of aliphatic carboxylic acids is 1. The number of carboxylic acid groups (broad SMARTS) is 1. The molecule has 2 rings (SSSR count). The first kappa shape index (κ1) is 25.6. The predicted molar refractivity (Wildman–Crippen MR) is 115 cm³/mol. The quantitative estimate of drug-likeness (QED) is 0.213. The summed E-state index contributed by atoms with van der Waals surface area (Å²) in [5, 5.41) is 19.9. The summed E-state index contributed by atoms with van der Waals surface area (Å²) >= 11 is 0. The molecule has 1 aromatic rings. The minimum atomic E-state index is -1.36. The maximum atomic E-state index is 12.5. The lowest BCUT2D eigenvalue weighted by atomic mass is 9.82. The molecule has 0 aliphatic carbocycles. The zero-order valence-electron chi connectivity index (χ0n) is 19.4. The van der Waals surface area contributed by atoms with Crippen molar-refractivity contribution < 1.29 is 43.5 Å². The number of hydrogen-bond acceptors (Lipinski definition) is 8. The Hall–Kier alpha value is -2.62. The molecule has 1 atom stereocenters. The van der Waals surface area contributed by atoms with Gasteiger partial charge in [0.1, 0.15) is 23.7 Å². The summed E-state index contributed by atoms with van der Waals surface area (Å²) in [5.74, 6) is -0.779. The number of aliphatic hydroxyl groups is 1. The van der Waals surface area contributed by atoms with Crippen molar-refractivity contribution in [2.24, 2.45) is 5.41 Å². The number of allylic oxidation sites excluding steroid dienone is 1. The Morgan fingerprint density at radius 3 is 2.53 bits per heavy atom. The molecule has 0 saturated carbocycles. The second-order valence-corrected chi connectivity index (χ2v) is 8.14. The average Bonchev–Trinajstić information content (AvgIpc) is 3.14. The van der Waals surface area contributed by atoms with Crippen LogP contribution in [0.2, 0.25) is 0 Å². The molecule has 9 nitrogen and oxygen atoms in total. The number of hydrogen-bond donors (Lipinski definition) is 2. The molecule has 1 unspecified atom stereocenters. The molecule has 2 N–H and O–H groups in total. The third-order valence-electron chi connectivity index (χ3n) is 5.64. The first-order valence-corrected chi connectivity index (χ1v) is 10.2. The van der Waals surface area contributed by atoms with Gasteiger partial charge >= 0.3 is 11.9 Å². The number of esters is 1. The first-order valence-electron chi connectivity index (χ1n) is 10.2. The lowest BCUT2D eigenvalue weighted by Crippen LogP contribution is -2.37. The van der Waals surface area contributed by atoms with E-state index in [0.717, 1.165) is 5.56 Å². The Morgan fingerprint density at radius 2 is 1.94 bits per heavy atom. The largest absolute Gasteiger partial charge is 0.496 e. The van der Waals surface area contributed by atoms with Crippen LogP contribution in [0.1, 0.15) is 47.8 Å². The van der Waals surface area contributed by atoms with Crippen molar-refractivity contribution in [3.8, 4) is 11.5 Å². The molecule has 178 valence electrons. The molecule has 1 aliphatic heterocycles. The summed E-state index contributed by atoms with van der Waals surface area (Å²) in [5.41, 5.74) is 1.46. The standard InChI is InChI=1S/C23H32O9/c1-13(20(24)23(3,4)22(26)27)7-8-15-18(29-6)14(2)16-11-31-21(25)17(16)19(15)32-12-30-10-9-28-5/h7,20,24H,8-12H2,1-6H3,(H,26,27)/b13-7+. The van der Waals surface area contributed by atoms with Gasteiger partial charge in [-0.1, -0.05) is 6.08 Å². The van der Waals surface area contributed by atoms with Crippen LogP contribution in [-0.4, -0.2) is 62.5 Å². The normalized spacial score (nSPS) is 14.7. The second kappa shape index (κ2) is 10.8. The minimum Gasteiger partial charge on any atom is -0.496 e. The third-order valence-corrected chi connectivity index (χ3v) is 5.64. The van der Waals surface area contributed by atoms with Crippen molar-refractivity contribution in [1.29, 1.82) is 0 Å². The summed E-state index contributed by atoms with van der Waals surface area (Å²) in [6.45, 7) is 7.13.